The van der Waals surface area contributed by atoms with Gasteiger partial charge in [0.15, 0.2) is 0 Å². The Bertz CT molecular complexity index is 548. The number of halogens is 1. The minimum absolute atomic E-state index is 0.767. The lowest BCUT2D eigenvalue weighted by atomic mass is 10.1. The van der Waals surface area contributed by atoms with Gasteiger partial charge in [0.05, 0.1) is 18.1 Å². The first-order valence-corrected chi connectivity index (χ1v) is 6.93. The molecule has 0 amide bonds. The fraction of sp³-hybridized carbons (Fsp3) is 0.429. The molecule has 0 aliphatic heterocycles. The number of aryl methyl sites for hydroxylation is 1. The molecule has 1 heterocycles. The molecule has 0 saturated carbocycles. The molecule has 4 heteroatoms. The molecule has 0 bridgehead atoms. The highest BCUT2D eigenvalue weighted by molar-refractivity contribution is 9.10. The number of hydrogen-bond donors (Lipinski definition) is 1. The molecule has 98 valence electrons. The van der Waals surface area contributed by atoms with Gasteiger partial charge in [0.1, 0.15) is 17.1 Å². The molecule has 0 atom stereocenters. The molecule has 3 nitrogen and oxygen atoms in total. The molecule has 1 aromatic heterocycles. The molecule has 0 unspecified atom stereocenters. The Morgan fingerprint density at radius 2 is 2.17 bits per heavy atom. The largest absolute Gasteiger partial charge is 0.497 e. The van der Waals surface area contributed by atoms with Gasteiger partial charge >= 0.3 is 0 Å². The summed E-state index contributed by atoms with van der Waals surface area (Å²) in [5.41, 5.74) is 2.06. The van der Waals surface area contributed by atoms with Gasteiger partial charge in [-0.3, -0.25) is 0 Å². The second-order valence-corrected chi connectivity index (χ2v) is 5.17. The Kier molecular flexibility index (Phi) is 4.30. The number of methoxy groups -OCH3 is 1. The quantitative estimate of drug-likeness (QED) is 0.847. The van der Waals surface area contributed by atoms with E-state index < -0.39 is 0 Å². The van der Waals surface area contributed by atoms with Gasteiger partial charge in [-0.1, -0.05) is 6.92 Å². The molecule has 0 aliphatic rings. The number of benzene rings is 1. The Morgan fingerprint density at radius 3 is 2.83 bits per heavy atom. The van der Waals surface area contributed by atoms with Crippen LogP contribution in [0.5, 0.6) is 5.75 Å². The zero-order valence-corrected chi connectivity index (χ0v) is 12.6. The second kappa shape index (κ2) is 5.76. The summed E-state index contributed by atoms with van der Waals surface area (Å²) in [4.78, 5) is 0. The molecular formula is C14H18BrNO2. The fourth-order valence-corrected chi connectivity index (χ4v) is 2.49. The maximum absolute atomic E-state index is 5.91. The lowest BCUT2D eigenvalue weighted by Gasteiger charge is -2.00. The average Bonchev–Trinajstić information content (AvgIpc) is 2.68. The van der Waals surface area contributed by atoms with Crippen LogP contribution in [0.2, 0.25) is 0 Å². The predicted molar refractivity (Wildman–Crippen MR) is 77.2 cm³/mol. The smallest absolute Gasteiger partial charge is 0.149 e. The van der Waals surface area contributed by atoms with E-state index in [-0.39, 0.29) is 0 Å². The maximum atomic E-state index is 5.91. The summed E-state index contributed by atoms with van der Waals surface area (Å²) in [7, 11) is 1.67. The topological polar surface area (TPSA) is 34.4 Å². The fourth-order valence-electron chi connectivity index (χ4n) is 1.97. The zero-order valence-electron chi connectivity index (χ0n) is 11.0. The van der Waals surface area contributed by atoms with Gasteiger partial charge in [-0.15, -0.1) is 0 Å². The highest BCUT2D eigenvalue weighted by Gasteiger charge is 2.14. The van der Waals surface area contributed by atoms with E-state index in [1.807, 2.05) is 12.1 Å². The molecular weight excluding hydrogens is 294 g/mol. The van der Waals surface area contributed by atoms with E-state index in [1.165, 1.54) is 5.56 Å². The van der Waals surface area contributed by atoms with Crippen molar-refractivity contribution in [1.82, 2.24) is 5.32 Å². The summed E-state index contributed by atoms with van der Waals surface area (Å²) < 4.78 is 12.1. The normalized spacial score (nSPS) is 11.1. The van der Waals surface area contributed by atoms with Crippen LogP contribution in [0, 0.1) is 6.92 Å². The molecule has 0 aliphatic carbocycles. The van der Waals surface area contributed by atoms with Crippen molar-refractivity contribution in [2.45, 2.75) is 26.8 Å². The molecule has 18 heavy (non-hydrogen) atoms. The van der Waals surface area contributed by atoms with Crippen LogP contribution in [0.4, 0.5) is 0 Å². The Balaban J connectivity index is 2.39. The number of hydrogen-bond acceptors (Lipinski definition) is 3. The number of rotatable bonds is 5. The van der Waals surface area contributed by atoms with Crippen LogP contribution in [0.15, 0.2) is 21.0 Å². The van der Waals surface area contributed by atoms with Crippen LogP contribution in [0.25, 0.3) is 11.0 Å². The highest BCUT2D eigenvalue weighted by Crippen LogP contribution is 2.34. The van der Waals surface area contributed by atoms with Crippen LogP contribution in [-0.4, -0.2) is 13.7 Å². The van der Waals surface area contributed by atoms with Crippen molar-refractivity contribution in [3.05, 3.63) is 27.9 Å². The van der Waals surface area contributed by atoms with Crippen molar-refractivity contribution in [1.29, 1.82) is 0 Å². The molecule has 0 spiro atoms. The van der Waals surface area contributed by atoms with Gasteiger partial charge < -0.3 is 14.5 Å². The minimum atomic E-state index is 0.767. The highest BCUT2D eigenvalue weighted by atomic mass is 79.9. The van der Waals surface area contributed by atoms with Gasteiger partial charge in [-0.25, -0.2) is 0 Å². The Labute approximate surface area is 116 Å². The van der Waals surface area contributed by atoms with Crippen molar-refractivity contribution in [3.63, 3.8) is 0 Å². The maximum Gasteiger partial charge on any atom is 0.149 e. The van der Waals surface area contributed by atoms with Crippen molar-refractivity contribution >= 4 is 26.9 Å². The van der Waals surface area contributed by atoms with Gasteiger partial charge in [0.25, 0.3) is 0 Å². The lowest BCUT2D eigenvalue weighted by molar-refractivity contribution is 0.415. The van der Waals surface area contributed by atoms with E-state index in [0.717, 1.165) is 46.5 Å². The van der Waals surface area contributed by atoms with Crippen molar-refractivity contribution < 1.29 is 9.15 Å². The summed E-state index contributed by atoms with van der Waals surface area (Å²) >= 11 is 3.52. The lowest BCUT2D eigenvalue weighted by Crippen LogP contribution is -2.13. The number of furan rings is 1. The van der Waals surface area contributed by atoms with Crippen LogP contribution in [-0.2, 0) is 6.54 Å². The van der Waals surface area contributed by atoms with Crippen LogP contribution >= 0.6 is 15.9 Å². The first kappa shape index (κ1) is 13.4. The van der Waals surface area contributed by atoms with Gasteiger partial charge in [-0.2, -0.15) is 0 Å². The summed E-state index contributed by atoms with van der Waals surface area (Å²) in [5, 5.41) is 4.47. The SMILES string of the molecule is CCCNCc1oc2c(Br)cc(OC)cc2c1C. The first-order chi connectivity index (χ1) is 8.67. The van der Waals surface area contributed by atoms with Crippen molar-refractivity contribution in [2.75, 3.05) is 13.7 Å². The van der Waals surface area contributed by atoms with Crippen LogP contribution in [0.1, 0.15) is 24.7 Å². The van der Waals surface area contributed by atoms with E-state index in [2.05, 4.69) is 35.1 Å². The third-order valence-electron chi connectivity index (χ3n) is 3.01. The average molecular weight is 312 g/mol. The van der Waals surface area contributed by atoms with E-state index in [9.17, 15) is 0 Å². The molecule has 2 aromatic rings. The molecule has 1 N–H and O–H groups in total. The molecule has 2 rings (SSSR count). The van der Waals surface area contributed by atoms with Crippen molar-refractivity contribution in [2.24, 2.45) is 0 Å². The predicted octanol–water partition coefficient (Wildman–Crippen LogP) is 4.01. The standard InChI is InChI=1S/C14H18BrNO2/c1-4-5-16-8-13-9(2)11-6-10(17-3)7-12(15)14(11)18-13/h6-7,16H,4-5,8H2,1-3H3. The third kappa shape index (κ3) is 2.54. The Morgan fingerprint density at radius 1 is 1.39 bits per heavy atom. The summed E-state index contributed by atoms with van der Waals surface area (Å²) in [6.07, 6.45) is 1.12. The van der Waals surface area contributed by atoms with Gasteiger partial charge in [0, 0.05) is 5.39 Å². The first-order valence-electron chi connectivity index (χ1n) is 6.13. The van der Waals surface area contributed by atoms with Gasteiger partial charge in [0.2, 0.25) is 0 Å². The molecule has 1 aromatic carbocycles. The number of fused-ring (bicyclic) bond motifs is 1. The third-order valence-corrected chi connectivity index (χ3v) is 3.60. The van der Waals surface area contributed by atoms with Gasteiger partial charge in [-0.05, 0) is 53.5 Å². The summed E-state index contributed by atoms with van der Waals surface area (Å²) in [6, 6.07) is 3.94. The summed E-state index contributed by atoms with van der Waals surface area (Å²) in [6.45, 7) is 6.00. The zero-order chi connectivity index (χ0) is 13.1. The molecule has 0 radical (unpaired) electrons. The molecule has 0 saturated heterocycles. The monoisotopic (exact) mass is 311 g/mol. The summed E-state index contributed by atoms with van der Waals surface area (Å²) in [5.74, 6) is 1.83. The Hall–Kier alpha value is -1.00. The van der Waals surface area contributed by atoms with Crippen LogP contribution < -0.4 is 10.1 Å². The number of ether oxygens (including phenoxy) is 1. The number of nitrogens with one attached hydrogen (secondary N) is 1. The second-order valence-electron chi connectivity index (χ2n) is 4.31. The van der Waals surface area contributed by atoms with Crippen LogP contribution in [0.3, 0.4) is 0 Å². The van der Waals surface area contributed by atoms with Crippen molar-refractivity contribution in [3.8, 4) is 5.75 Å². The minimum Gasteiger partial charge on any atom is -0.497 e. The van der Waals surface area contributed by atoms with E-state index in [4.69, 9.17) is 9.15 Å². The van der Waals surface area contributed by atoms with E-state index in [0.29, 0.717) is 0 Å². The van der Waals surface area contributed by atoms with E-state index in [1.54, 1.807) is 7.11 Å². The molecule has 0 fully saturated rings. The van der Waals surface area contributed by atoms with E-state index >= 15 is 0 Å².